The van der Waals surface area contributed by atoms with Crippen LogP contribution in [0, 0.1) is 5.92 Å². The van der Waals surface area contributed by atoms with Crippen LogP contribution in [0.2, 0.25) is 0 Å². The number of rotatable bonds is 4. The van der Waals surface area contributed by atoms with Crippen molar-refractivity contribution in [2.75, 3.05) is 32.5 Å². The number of carbonyl (C=O) groups excluding carboxylic acids is 1. The van der Waals surface area contributed by atoms with Crippen LogP contribution < -0.4 is 10.6 Å². The smallest absolute Gasteiger partial charge is 0.224 e. The molecule has 2 rings (SSSR count). The standard InChI is InChI=1S/C14H22N4O/c1-15-13-7-3-6-12(17-13)10-18-8-4-5-11(9-18)14(19)16-2/h3,6-7,11H,4-5,8-10H2,1-2H3,(H,15,17)(H,16,19). The van der Waals surface area contributed by atoms with E-state index in [1.807, 2.05) is 25.2 Å². The summed E-state index contributed by atoms with van der Waals surface area (Å²) in [4.78, 5) is 18.5. The summed E-state index contributed by atoms with van der Waals surface area (Å²) >= 11 is 0. The molecule has 0 bridgehead atoms. The molecule has 1 fully saturated rings. The van der Waals surface area contributed by atoms with E-state index in [1.165, 1.54) is 0 Å². The summed E-state index contributed by atoms with van der Waals surface area (Å²) in [6.07, 6.45) is 2.06. The lowest BCUT2D eigenvalue weighted by Gasteiger charge is -2.31. The molecule has 0 aromatic carbocycles. The summed E-state index contributed by atoms with van der Waals surface area (Å²) in [5, 5.41) is 5.79. The first-order valence-electron chi connectivity index (χ1n) is 6.80. The van der Waals surface area contributed by atoms with E-state index in [4.69, 9.17) is 0 Å². The summed E-state index contributed by atoms with van der Waals surface area (Å²) in [6, 6.07) is 5.99. The van der Waals surface area contributed by atoms with E-state index >= 15 is 0 Å². The highest BCUT2D eigenvalue weighted by atomic mass is 16.1. The van der Waals surface area contributed by atoms with E-state index in [-0.39, 0.29) is 11.8 Å². The molecule has 104 valence electrons. The number of anilines is 1. The molecule has 2 heterocycles. The molecule has 0 radical (unpaired) electrons. The molecule has 1 unspecified atom stereocenters. The molecule has 0 spiro atoms. The van der Waals surface area contributed by atoms with Gasteiger partial charge in [0.2, 0.25) is 5.91 Å². The van der Waals surface area contributed by atoms with Crippen LogP contribution in [0.5, 0.6) is 0 Å². The fourth-order valence-corrected chi connectivity index (χ4v) is 2.55. The van der Waals surface area contributed by atoms with E-state index in [0.29, 0.717) is 0 Å². The first kappa shape index (κ1) is 13.8. The van der Waals surface area contributed by atoms with Crippen LogP contribution in [-0.4, -0.2) is 43.0 Å². The summed E-state index contributed by atoms with van der Waals surface area (Å²) in [6.45, 7) is 2.67. The molecule has 1 amide bonds. The van der Waals surface area contributed by atoms with Crippen molar-refractivity contribution in [2.45, 2.75) is 19.4 Å². The fraction of sp³-hybridized carbons (Fsp3) is 0.571. The minimum atomic E-state index is 0.117. The van der Waals surface area contributed by atoms with Gasteiger partial charge in [-0.2, -0.15) is 0 Å². The van der Waals surface area contributed by atoms with Crippen molar-refractivity contribution in [3.05, 3.63) is 23.9 Å². The zero-order chi connectivity index (χ0) is 13.7. The molecule has 1 aliphatic rings. The van der Waals surface area contributed by atoms with Crippen molar-refractivity contribution in [1.82, 2.24) is 15.2 Å². The minimum Gasteiger partial charge on any atom is -0.373 e. The van der Waals surface area contributed by atoms with Gasteiger partial charge in [-0.1, -0.05) is 6.07 Å². The quantitative estimate of drug-likeness (QED) is 0.852. The van der Waals surface area contributed by atoms with E-state index in [2.05, 4.69) is 20.5 Å². The Balaban J connectivity index is 1.96. The van der Waals surface area contributed by atoms with Crippen molar-refractivity contribution in [3.8, 4) is 0 Å². The first-order valence-corrected chi connectivity index (χ1v) is 6.80. The van der Waals surface area contributed by atoms with Crippen molar-refractivity contribution < 1.29 is 4.79 Å². The lowest BCUT2D eigenvalue weighted by atomic mass is 9.97. The molecule has 5 nitrogen and oxygen atoms in total. The van der Waals surface area contributed by atoms with Gasteiger partial charge >= 0.3 is 0 Å². The predicted octanol–water partition coefficient (Wildman–Crippen LogP) is 1.08. The van der Waals surface area contributed by atoms with Gasteiger partial charge in [-0.15, -0.1) is 0 Å². The van der Waals surface area contributed by atoms with Crippen LogP contribution >= 0.6 is 0 Å². The Morgan fingerprint density at radius 1 is 1.47 bits per heavy atom. The van der Waals surface area contributed by atoms with Gasteiger partial charge in [0.05, 0.1) is 11.6 Å². The Kier molecular flexibility index (Phi) is 4.74. The van der Waals surface area contributed by atoms with Gasteiger partial charge in [0.15, 0.2) is 0 Å². The van der Waals surface area contributed by atoms with E-state index < -0.39 is 0 Å². The molecule has 1 saturated heterocycles. The maximum atomic E-state index is 11.7. The fourth-order valence-electron chi connectivity index (χ4n) is 2.55. The topological polar surface area (TPSA) is 57.3 Å². The van der Waals surface area contributed by atoms with Crippen LogP contribution in [0.3, 0.4) is 0 Å². The van der Waals surface area contributed by atoms with Gasteiger partial charge < -0.3 is 10.6 Å². The molecule has 5 heteroatoms. The van der Waals surface area contributed by atoms with Crippen molar-refractivity contribution in [3.63, 3.8) is 0 Å². The van der Waals surface area contributed by atoms with E-state index in [0.717, 1.165) is 44.0 Å². The van der Waals surface area contributed by atoms with Crippen molar-refractivity contribution >= 4 is 11.7 Å². The monoisotopic (exact) mass is 262 g/mol. The Labute approximate surface area is 114 Å². The number of hydrogen-bond acceptors (Lipinski definition) is 4. The van der Waals surface area contributed by atoms with Crippen LogP contribution in [-0.2, 0) is 11.3 Å². The SMILES string of the molecule is CNC(=O)C1CCCN(Cc2cccc(NC)n2)C1. The van der Waals surface area contributed by atoms with Crippen molar-refractivity contribution in [1.29, 1.82) is 0 Å². The Morgan fingerprint density at radius 3 is 3.05 bits per heavy atom. The average Bonchev–Trinajstić information content (AvgIpc) is 2.47. The molecule has 1 aromatic heterocycles. The third-order valence-electron chi connectivity index (χ3n) is 3.57. The average molecular weight is 262 g/mol. The Bertz CT molecular complexity index is 435. The van der Waals surface area contributed by atoms with Gasteiger partial charge in [0, 0.05) is 27.2 Å². The number of nitrogens with zero attached hydrogens (tertiary/aromatic N) is 2. The van der Waals surface area contributed by atoms with Crippen LogP contribution in [0.15, 0.2) is 18.2 Å². The summed E-state index contributed by atoms with van der Waals surface area (Å²) in [7, 11) is 3.58. The van der Waals surface area contributed by atoms with Gasteiger partial charge in [0.1, 0.15) is 5.82 Å². The molecule has 0 saturated carbocycles. The molecule has 1 atom stereocenters. The van der Waals surface area contributed by atoms with Gasteiger partial charge in [0.25, 0.3) is 0 Å². The highest BCUT2D eigenvalue weighted by Gasteiger charge is 2.25. The van der Waals surface area contributed by atoms with E-state index in [9.17, 15) is 4.79 Å². The van der Waals surface area contributed by atoms with Crippen LogP contribution in [0.25, 0.3) is 0 Å². The predicted molar refractivity (Wildman–Crippen MR) is 75.9 cm³/mol. The number of amides is 1. The molecule has 1 aromatic rings. The molecule has 19 heavy (non-hydrogen) atoms. The number of pyridine rings is 1. The van der Waals surface area contributed by atoms with Crippen LogP contribution in [0.1, 0.15) is 18.5 Å². The molecule has 2 N–H and O–H groups in total. The number of nitrogens with one attached hydrogen (secondary N) is 2. The third-order valence-corrected chi connectivity index (χ3v) is 3.57. The second kappa shape index (κ2) is 6.52. The second-order valence-corrected chi connectivity index (χ2v) is 4.95. The first-order chi connectivity index (χ1) is 9.22. The Morgan fingerprint density at radius 2 is 2.32 bits per heavy atom. The number of hydrogen-bond donors (Lipinski definition) is 2. The highest BCUT2D eigenvalue weighted by molar-refractivity contribution is 5.78. The molecular weight excluding hydrogens is 240 g/mol. The highest BCUT2D eigenvalue weighted by Crippen LogP contribution is 2.18. The number of piperidine rings is 1. The number of likely N-dealkylation sites (tertiary alicyclic amines) is 1. The third kappa shape index (κ3) is 3.67. The van der Waals surface area contributed by atoms with Crippen molar-refractivity contribution in [2.24, 2.45) is 5.92 Å². The minimum absolute atomic E-state index is 0.117. The molecular formula is C14H22N4O. The maximum absolute atomic E-state index is 11.7. The summed E-state index contributed by atoms with van der Waals surface area (Å²) in [5.74, 6) is 1.16. The molecule has 0 aliphatic carbocycles. The lowest BCUT2D eigenvalue weighted by Crippen LogP contribution is -2.41. The van der Waals surface area contributed by atoms with Gasteiger partial charge in [-0.05, 0) is 31.5 Å². The number of carbonyl (C=O) groups is 1. The normalized spacial score (nSPS) is 20.0. The summed E-state index contributed by atoms with van der Waals surface area (Å²) < 4.78 is 0. The van der Waals surface area contributed by atoms with Gasteiger partial charge in [-0.25, -0.2) is 4.98 Å². The van der Waals surface area contributed by atoms with Gasteiger partial charge in [-0.3, -0.25) is 9.69 Å². The number of aromatic nitrogens is 1. The van der Waals surface area contributed by atoms with E-state index in [1.54, 1.807) is 7.05 Å². The van der Waals surface area contributed by atoms with Crippen LogP contribution in [0.4, 0.5) is 5.82 Å². The maximum Gasteiger partial charge on any atom is 0.224 e. The second-order valence-electron chi connectivity index (χ2n) is 4.95. The summed E-state index contributed by atoms with van der Waals surface area (Å²) in [5.41, 5.74) is 1.05. The lowest BCUT2D eigenvalue weighted by molar-refractivity contribution is -0.126. The largest absolute Gasteiger partial charge is 0.373 e. The zero-order valence-electron chi connectivity index (χ0n) is 11.6. The molecule has 1 aliphatic heterocycles. The zero-order valence-corrected chi connectivity index (χ0v) is 11.6. The Hall–Kier alpha value is -1.62.